The van der Waals surface area contributed by atoms with Crippen molar-refractivity contribution >= 4 is 22.8 Å². The lowest BCUT2D eigenvalue weighted by Gasteiger charge is -2.49. The monoisotopic (exact) mass is 380 g/mol. The number of hydrogen-bond donors (Lipinski definition) is 0. The van der Waals surface area contributed by atoms with E-state index in [1.54, 1.807) is 6.20 Å². The van der Waals surface area contributed by atoms with Gasteiger partial charge in [0.1, 0.15) is 17.4 Å². The number of aromatic nitrogens is 1. The lowest BCUT2D eigenvalue weighted by Crippen LogP contribution is -2.66. The Morgan fingerprint density at radius 2 is 2.00 bits per heavy atom. The molecule has 2 fully saturated rings. The first kappa shape index (κ1) is 17.2. The number of carbonyl (C=O) groups is 2. The predicted molar refractivity (Wildman–Crippen MR) is 99.4 cm³/mol. The van der Waals surface area contributed by atoms with Crippen LogP contribution in [0.15, 0.2) is 48.7 Å². The highest BCUT2D eigenvalue weighted by atomic mass is 16.6. The third kappa shape index (κ3) is 2.57. The van der Waals surface area contributed by atoms with Crippen LogP contribution in [0.2, 0.25) is 0 Å². The summed E-state index contributed by atoms with van der Waals surface area (Å²) in [6.07, 6.45) is 4.88. The summed E-state index contributed by atoms with van der Waals surface area (Å²) in [6, 6.07) is 9.76. The molecule has 28 heavy (non-hydrogen) atoms. The molecular weight excluding hydrogens is 360 g/mol. The quantitative estimate of drug-likeness (QED) is 0.739. The molecule has 1 aromatic heterocycles. The normalized spacial score (nSPS) is 33.4. The van der Waals surface area contributed by atoms with Crippen LogP contribution in [0.4, 0.5) is 0 Å². The molecule has 3 aliphatic rings. The summed E-state index contributed by atoms with van der Waals surface area (Å²) in [6.45, 7) is 0. The van der Waals surface area contributed by atoms with Gasteiger partial charge in [0.25, 0.3) is 0 Å². The van der Waals surface area contributed by atoms with E-state index in [2.05, 4.69) is 4.98 Å². The number of benzene rings is 1. The number of fused-ring (bicyclic) bond motifs is 2. The van der Waals surface area contributed by atoms with Gasteiger partial charge in [0.15, 0.2) is 6.10 Å². The Kier molecular flexibility index (Phi) is 3.87. The molecule has 2 aromatic rings. The fraction of sp³-hybridized carbons (Fsp3) is 0.381. The first-order chi connectivity index (χ1) is 13.6. The summed E-state index contributed by atoms with van der Waals surface area (Å²) in [4.78, 5) is 30.9. The van der Waals surface area contributed by atoms with Crippen molar-refractivity contribution in [3.63, 3.8) is 0 Å². The molecule has 2 saturated heterocycles. The van der Waals surface area contributed by atoms with E-state index < -0.39 is 29.9 Å². The molecule has 0 N–H and O–H groups in total. The first-order valence-corrected chi connectivity index (χ1v) is 9.42. The number of hydrogen-bond acceptors (Lipinski definition) is 7. The molecule has 7 nitrogen and oxygen atoms in total. The molecule has 0 amide bonds. The van der Waals surface area contributed by atoms with E-state index in [0.29, 0.717) is 18.6 Å². The molecule has 4 unspecified atom stereocenters. The highest BCUT2D eigenvalue weighted by molar-refractivity contribution is 5.92. The number of likely N-dealkylation sites (N-methyl/N-ethyl adjacent to an activating group) is 1. The number of nitrogens with zero attached hydrogens (tertiary/aromatic N) is 2. The molecule has 5 rings (SSSR count). The molecule has 2 bridgehead atoms. The van der Waals surface area contributed by atoms with Gasteiger partial charge < -0.3 is 14.2 Å². The number of para-hydroxylation sites is 1. The van der Waals surface area contributed by atoms with Gasteiger partial charge in [-0.1, -0.05) is 18.2 Å². The Balaban J connectivity index is 1.55. The summed E-state index contributed by atoms with van der Waals surface area (Å²) in [5.41, 5.74) is -0.261. The fourth-order valence-electron chi connectivity index (χ4n) is 4.66. The number of esters is 2. The van der Waals surface area contributed by atoms with Crippen LogP contribution in [0, 0.1) is 0 Å². The zero-order valence-electron chi connectivity index (χ0n) is 15.4. The third-order valence-electron chi connectivity index (χ3n) is 6.02. The van der Waals surface area contributed by atoms with E-state index >= 15 is 0 Å². The van der Waals surface area contributed by atoms with Crippen LogP contribution in [-0.2, 0) is 19.1 Å². The van der Waals surface area contributed by atoms with Gasteiger partial charge in [-0.15, -0.1) is 0 Å². The molecule has 1 spiro atoms. The van der Waals surface area contributed by atoms with E-state index in [9.17, 15) is 9.59 Å². The zero-order chi connectivity index (χ0) is 19.3. The van der Waals surface area contributed by atoms with Crippen molar-refractivity contribution in [2.24, 2.45) is 0 Å². The SMILES string of the molecule is CN1C2CCC13OC(=O)/C=C/C(=O)OC3C(Oc1cccc3cccnc13)C2. The third-order valence-corrected chi connectivity index (χ3v) is 6.02. The molecule has 144 valence electrons. The minimum atomic E-state index is -1.01. The van der Waals surface area contributed by atoms with Crippen molar-refractivity contribution in [1.82, 2.24) is 9.88 Å². The van der Waals surface area contributed by atoms with E-state index in [1.165, 1.54) is 0 Å². The number of piperidine rings is 1. The van der Waals surface area contributed by atoms with Gasteiger partial charge in [-0.05, 0) is 25.6 Å². The Bertz CT molecular complexity index is 984. The largest absolute Gasteiger partial charge is 0.484 e. The minimum absolute atomic E-state index is 0.180. The van der Waals surface area contributed by atoms with Gasteiger partial charge in [-0.2, -0.15) is 0 Å². The van der Waals surface area contributed by atoms with Crippen molar-refractivity contribution in [1.29, 1.82) is 0 Å². The summed E-state index contributed by atoms with van der Waals surface area (Å²) in [5.74, 6) is -0.478. The predicted octanol–water partition coefficient (Wildman–Crippen LogP) is 2.20. The van der Waals surface area contributed by atoms with Crippen molar-refractivity contribution in [2.75, 3.05) is 7.05 Å². The standard InChI is InChI=1S/C21H20N2O5/c1-23-14-9-10-21(23)20(27-17(24)7-8-18(25)28-21)16(12-14)26-15-6-2-4-13-5-3-11-22-19(13)15/h2-8,11,14,16,20H,9-10,12H2,1H3/b8-7+. The Labute approximate surface area is 161 Å². The van der Waals surface area contributed by atoms with Crippen LogP contribution >= 0.6 is 0 Å². The smallest absolute Gasteiger partial charge is 0.332 e. The second-order valence-electron chi connectivity index (χ2n) is 7.48. The topological polar surface area (TPSA) is 78.0 Å². The van der Waals surface area contributed by atoms with Crippen LogP contribution in [0.5, 0.6) is 5.75 Å². The van der Waals surface area contributed by atoms with Gasteiger partial charge in [0.05, 0.1) is 0 Å². The van der Waals surface area contributed by atoms with Crippen LogP contribution in [-0.4, -0.2) is 52.8 Å². The summed E-state index contributed by atoms with van der Waals surface area (Å²) in [7, 11) is 1.91. The average molecular weight is 380 g/mol. The molecule has 3 aliphatic heterocycles. The average Bonchev–Trinajstić information content (AvgIpc) is 2.91. The van der Waals surface area contributed by atoms with Crippen LogP contribution in [0.1, 0.15) is 19.3 Å². The Hall–Kier alpha value is -2.93. The second kappa shape index (κ2) is 6.31. The molecule has 0 radical (unpaired) electrons. The van der Waals surface area contributed by atoms with E-state index in [0.717, 1.165) is 29.5 Å². The maximum Gasteiger partial charge on any atom is 0.332 e. The van der Waals surface area contributed by atoms with Gasteiger partial charge in [-0.25, -0.2) is 9.59 Å². The number of pyridine rings is 1. The summed E-state index contributed by atoms with van der Waals surface area (Å²) >= 11 is 0. The Morgan fingerprint density at radius 1 is 1.18 bits per heavy atom. The van der Waals surface area contributed by atoms with Crippen molar-refractivity contribution in [3.8, 4) is 5.75 Å². The van der Waals surface area contributed by atoms with Crippen molar-refractivity contribution in [3.05, 3.63) is 48.7 Å². The van der Waals surface area contributed by atoms with E-state index in [1.807, 2.05) is 42.3 Å². The molecule has 1 aromatic carbocycles. The fourth-order valence-corrected chi connectivity index (χ4v) is 4.66. The molecule has 0 aliphatic carbocycles. The maximum absolute atomic E-state index is 12.2. The summed E-state index contributed by atoms with van der Waals surface area (Å²) < 4.78 is 17.9. The van der Waals surface area contributed by atoms with Gasteiger partial charge in [-0.3, -0.25) is 9.88 Å². The second-order valence-corrected chi connectivity index (χ2v) is 7.48. The van der Waals surface area contributed by atoms with Gasteiger partial charge >= 0.3 is 11.9 Å². The molecule has 4 heterocycles. The van der Waals surface area contributed by atoms with Crippen molar-refractivity contribution < 1.29 is 23.8 Å². The summed E-state index contributed by atoms with van der Waals surface area (Å²) in [5, 5.41) is 0.967. The van der Waals surface area contributed by atoms with Gasteiger partial charge in [0.2, 0.25) is 5.72 Å². The molecule has 0 saturated carbocycles. The maximum atomic E-state index is 12.2. The molecule has 7 heteroatoms. The highest BCUT2D eigenvalue weighted by Crippen LogP contribution is 2.47. The Morgan fingerprint density at radius 3 is 2.89 bits per heavy atom. The lowest BCUT2D eigenvalue weighted by molar-refractivity contribution is -0.239. The lowest BCUT2D eigenvalue weighted by atomic mass is 9.93. The van der Waals surface area contributed by atoms with Gasteiger partial charge in [0, 0.05) is 42.6 Å². The van der Waals surface area contributed by atoms with Crippen molar-refractivity contribution in [2.45, 2.75) is 43.2 Å². The minimum Gasteiger partial charge on any atom is -0.484 e. The molecular formula is C21H20N2O5. The first-order valence-electron chi connectivity index (χ1n) is 9.42. The van der Waals surface area contributed by atoms with Crippen LogP contribution < -0.4 is 4.74 Å². The van der Waals surface area contributed by atoms with E-state index in [-0.39, 0.29) is 6.04 Å². The number of carbonyl (C=O) groups excluding carboxylic acids is 2. The zero-order valence-corrected chi connectivity index (χ0v) is 15.4. The number of ether oxygens (including phenoxy) is 3. The number of rotatable bonds is 2. The van der Waals surface area contributed by atoms with E-state index in [4.69, 9.17) is 14.2 Å². The van der Waals surface area contributed by atoms with Crippen LogP contribution in [0.25, 0.3) is 10.9 Å². The molecule has 4 atom stereocenters. The highest BCUT2D eigenvalue weighted by Gasteiger charge is 2.62. The van der Waals surface area contributed by atoms with Crippen LogP contribution in [0.3, 0.4) is 0 Å².